The van der Waals surface area contributed by atoms with Crippen molar-refractivity contribution in [2.75, 3.05) is 6.26 Å². The molecule has 52 valence electrons. The highest BCUT2D eigenvalue weighted by molar-refractivity contribution is 7.89. The second-order valence-electron chi connectivity index (χ2n) is 2.32. The van der Waals surface area contributed by atoms with E-state index >= 15 is 0 Å². The maximum atomic E-state index is 10.4. The lowest BCUT2D eigenvalue weighted by molar-refractivity contribution is 0.604. The number of hydrogen-bond acceptors (Lipinski definition) is 2. The van der Waals surface area contributed by atoms with Crippen LogP contribution in [0.5, 0.6) is 0 Å². The normalized spacial score (nSPS) is 21.0. The molecule has 0 heterocycles. The van der Waals surface area contributed by atoms with Crippen molar-refractivity contribution in [2.45, 2.75) is 12.8 Å². The molecule has 9 heavy (non-hydrogen) atoms. The zero-order chi connectivity index (χ0) is 6.91. The summed E-state index contributed by atoms with van der Waals surface area (Å²) in [7, 11) is -3.11. The van der Waals surface area contributed by atoms with Crippen molar-refractivity contribution in [3.8, 4) is 0 Å². The summed E-state index contributed by atoms with van der Waals surface area (Å²) >= 11 is 0. The number of nitrogens with zero attached hydrogens (tertiary/aromatic N) is 1. The molecule has 0 aromatic carbocycles. The highest BCUT2D eigenvalue weighted by atomic mass is 32.2. The standard InChI is InChI=1S/C5H9NO2S/c1-9(7,8)6-4-5-2-3-5/h4-5H,2-3H2,1H3/b6-4+. The van der Waals surface area contributed by atoms with Gasteiger partial charge in [0.25, 0.3) is 0 Å². The summed E-state index contributed by atoms with van der Waals surface area (Å²) in [5.41, 5.74) is 0. The van der Waals surface area contributed by atoms with Crippen molar-refractivity contribution in [2.24, 2.45) is 10.3 Å². The monoisotopic (exact) mass is 147 g/mol. The van der Waals surface area contributed by atoms with Gasteiger partial charge in [0.1, 0.15) is 0 Å². The zero-order valence-electron chi connectivity index (χ0n) is 5.24. The van der Waals surface area contributed by atoms with Gasteiger partial charge in [0.15, 0.2) is 0 Å². The lowest BCUT2D eigenvalue weighted by atomic mass is 10.5. The van der Waals surface area contributed by atoms with Gasteiger partial charge in [0, 0.05) is 6.21 Å². The van der Waals surface area contributed by atoms with Gasteiger partial charge in [0.2, 0.25) is 10.0 Å². The number of sulfonamides is 1. The molecule has 0 aromatic rings. The maximum Gasteiger partial charge on any atom is 0.249 e. The minimum absolute atomic E-state index is 0.444. The third-order valence-electron chi connectivity index (χ3n) is 1.09. The fourth-order valence-corrected chi connectivity index (χ4v) is 0.835. The van der Waals surface area contributed by atoms with E-state index in [1.54, 1.807) is 0 Å². The molecular weight excluding hydrogens is 138 g/mol. The molecule has 0 aromatic heterocycles. The van der Waals surface area contributed by atoms with Gasteiger partial charge in [-0.3, -0.25) is 0 Å². The van der Waals surface area contributed by atoms with Gasteiger partial charge in [-0.15, -0.1) is 0 Å². The fraction of sp³-hybridized carbons (Fsp3) is 0.800. The van der Waals surface area contributed by atoms with Crippen LogP contribution >= 0.6 is 0 Å². The summed E-state index contributed by atoms with van der Waals surface area (Å²) in [5, 5.41) is 0. The molecule has 0 radical (unpaired) electrons. The molecule has 4 heteroatoms. The second kappa shape index (κ2) is 2.10. The summed E-state index contributed by atoms with van der Waals surface area (Å²) in [6.45, 7) is 0. The van der Waals surface area contributed by atoms with E-state index in [4.69, 9.17) is 0 Å². The molecule has 3 nitrogen and oxygen atoms in total. The predicted molar refractivity (Wildman–Crippen MR) is 36.1 cm³/mol. The molecular formula is C5H9NO2S. The Morgan fingerprint density at radius 2 is 2.11 bits per heavy atom. The van der Waals surface area contributed by atoms with Crippen LogP contribution in [-0.4, -0.2) is 20.9 Å². The molecule has 0 unspecified atom stereocenters. The summed E-state index contributed by atoms with van der Waals surface area (Å²) in [6, 6.07) is 0. The largest absolute Gasteiger partial charge is 0.249 e. The Morgan fingerprint density at radius 3 is 2.44 bits per heavy atom. The molecule has 0 saturated heterocycles. The highest BCUT2D eigenvalue weighted by Gasteiger charge is 2.18. The van der Waals surface area contributed by atoms with Gasteiger partial charge >= 0.3 is 0 Å². The van der Waals surface area contributed by atoms with Crippen molar-refractivity contribution in [3.63, 3.8) is 0 Å². The third kappa shape index (κ3) is 3.24. The van der Waals surface area contributed by atoms with Gasteiger partial charge in [-0.25, -0.2) is 8.42 Å². The van der Waals surface area contributed by atoms with Gasteiger partial charge < -0.3 is 0 Å². The van der Waals surface area contributed by atoms with Crippen LogP contribution in [0.1, 0.15) is 12.8 Å². The first-order chi connectivity index (χ1) is 4.08. The van der Waals surface area contributed by atoms with Crippen molar-refractivity contribution in [1.29, 1.82) is 0 Å². The zero-order valence-corrected chi connectivity index (χ0v) is 6.06. The molecule has 0 atom stereocenters. The third-order valence-corrected chi connectivity index (χ3v) is 1.59. The first kappa shape index (κ1) is 6.74. The summed E-state index contributed by atoms with van der Waals surface area (Å²) in [6.07, 6.45) is 4.82. The van der Waals surface area contributed by atoms with Crippen molar-refractivity contribution in [1.82, 2.24) is 0 Å². The van der Waals surface area contributed by atoms with Gasteiger partial charge in [-0.1, -0.05) is 0 Å². The molecule has 0 aliphatic heterocycles. The van der Waals surface area contributed by atoms with E-state index in [1.165, 1.54) is 6.21 Å². The van der Waals surface area contributed by atoms with E-state index in [0.717, 1.165) is 19.1 Å². The van der Waals surface area contributed by atoms with E-state index in [-0.39, 0.29) is 0 Å². The summed E-state index contributed by atoms with van der Waals surface area (Å²) < 4.78 is 24.1. The van der Waals surface area contributed by atoms with E-state index < -0.39 is 10.0 Å². The van der Waals surface area contributed by atoms with Gasteiger partial charge in [-0.2, -0.15) is 4.40 Å². The molecule has 1 aliphatic rings. The van der Waals surface area contributed by atoms with E-state index in [1.807, 2.05) is 0 Å². The first-order valence-electron chi connectivity index (χ1n) is 2.83. The van der Waals surface area contributed by atoms with Crippen molar-refractivity contribution in [3.05, 3.63) is 0 Å². The van der Waals surface area contributed by atoms with Gasteiger partial charge in [-0.05, 0) is 18.8 Å². The Labute approximate surface area is 54.8 Å². The van der Waals surface area contributed by atoms with Crippen molar-refractivity contribution < 1.29 is 8.42 Å². The first-order valence-corrected chi connectivity index (χ1v) is 4.68. The minimum Gasteiger partial charge on any atom is -0.205 e. The lowest BCUT2D eigenvalue weighted by Crippen LogP contribution is -1.90. The van der Waals surface area contributed by atoms with Crippen LogP contribution in [-0.2, 0) is 10.0 Å². The van der Waals surface area contributed by atoms with Crippen LogP contribution in [0.4, 0.5) is 0 Å². The Bertz CT molecular complexity index is 213. The number of hydrogen-bond donors (Lipinski definition) is 0. The van der Waals surface area contributed by atoms with Gasteiger partial charge in [0.05, 0.1) is 6.26 Å². The topological polar surface area (TPSA) is 46.5 Å². The van der Waals surface area contributed by atoms with Crippen LogP contribution in [0.15, 0.2) is 4.40 Å². The Morgan fingerprint density at radius 1 is 1.56 bits per heavy atom. The molecule has 1 aliphatic carbocycles. The summed E-state index contributed by atoms with van der Waals surface area (Å²) in [4.78, 5) is 0. The minimum atomic E-state index is -3.11. The quantitative estimate of drug-likeness (QED) is 0.531. The average molecular weight is 147 g/mol. The Balaban J connectivity index is 2.48. The molecule has 1 saturated carbocycles. The smallest absolute Gasteiger partial charge is 0.205 e. The van der Waals surface area contributed by atoms with Crippen LogP contribution in [0.2, 0.25) is 0 Å². The second-order valence-corrected chi connectivity index (χ2v) is 4.00. The molecule has 0 amide bonds. The van der Waals surface area contributed by atoms with Crippen molar-refractivity contribution >= 4 is 16.2 Å². The number of rotatable bonds is 2. The van der Waals surface area contributed by atoms with Crippen LogP contribution in [0.25, 0.3) is 0 Å². The van der Waals surface area contributed by atoms with E-state index in [9.17, 15) is 8.42 Å². The van der Waals surface area contributed by atoms with E-state index in [2.05, 4.69) is 4.40 Å². The average Bonchev–Trinajstić information content (AvgIpc) is 2.38. The summed E-state index contributed by atoms with van der Waals surface area (Å²) in [5.74, 6) is 0.444. The van der Waals surface area contributed by atoms with Crippen LogP contribution < -0.4 is 0 Å². The molecule has 0 bridgehead atoms. The fourth-order valence-electron chi connectivity index (χ4n) is 0.442. The SMILES string of the molecule is CS(=O)(=O)/N=C/C1CC1. The van der Waals surface area contributed by atoms with Crippen LogP contribution in [0.3, 0.4) is 0 Å². The lowest BCUT2D eigenvalue weighted by Gasteiger charge is -1.82. The predicted octanol–water partition coefficient (Wildman–Crippen LogP) is 0.427. The molecule has 1 fully saturated rings. The molecule has 0 spiro atoms. The maximum absolute atomic E-state index is 10.4. The molecule has 1 rings (SSSR count). The van der Waals surface area contributed by atoms with E-state index in [0.29, 0.717) is 5.92 Å². The van der Waals surface area contributed by atoms with Crippen LogP contribution in [0, 0.1) is 5.92 Å². The Kier molecular flexibility index (Phi) is 1.57. The highest BCUT2D eigenvalue weighted by Crippen LogP contribution is 2.26. The molecule has 0 N–H and O–H groups in total. The Hall–Kier alpha value is -0.380.